The van der Waals surface area contributed by atoms with E-state index in [2.05, 4.69) is 12.2 Å². The van der Waals surface area contributed by atoms with Gasteiger partial charge in [0.25, 0.3) is 0 Å². The topological polar surface area (TPSA) is 41.5 Å². The molecule has 0 spiro atoms. The molecule has 21 heavy (non-hydrogen) atoms. The van der Waals surface area contributed by atoms with Crippen molar-refractivity contribution in [3.63, 3.8) is 0 Å². The maximum atomic E-state index is 10.0. The summed E-state index contributed by atoms with van der Waals surface area (Å²) in [5, 5.41) is 14.2. The number of rotatable bonds is 9. The first-order chi connectivity index (χ1) is 10.1. The molecule has 2 unspecified atom stereocenters. The van der Waals surface area contributed by atoms with E-state index in [1.807, 2.05) is 25.1 Å². The second-order valence-electron chi connectivity index (χ2n) is 6.07. The molecule has 2 N–H and O–H groups in total. The van der Waals surface area contributed by atoms with E-state index in [0.29, 0.717) is 19.2 Å². The minimum Gasteiger partial charge on any atom is -0.491 e. The molecule has 0 saturated heterocycles. The van der Waals surface area contributed by atoms with Crippen molar-refractivity contribution in [3.05, 3.63) is 28.8 Å². The predicted molar refractivity (Wildman–Crippen MR) is 87.1 cm³/mol. The fourth-order valence-corrected chi connectivity index (χ4v) is 2.53. The van der Waals surface area contributed by atoms with E-state index < -0.39 is 6.10 Å². The van der Waals surface area contributed by atoms with Crippen LogP contribution in [0.3, 0.4) is 0 Å². The molecule has 0 heterocycles. The number of nitrogens with one attached hydrogen (secondary N) is 1. The summed E-state index contributed by atoms with van der Waals surface area (Å²) in [7, 11) is 0. The van der Waals surface area contributed by atoms with Crippen LogP contribution in [0.4, 0.5) is 0 Å². The van der Waals surface area contributed by atoms with Crippen LogP contribution in [-0.4, -0.2) is 30.4 Å². The highest BCUT2D eigenvalue weighted by Crippen LogP contribution is 2.34. The average molecular weight is 312 g/mol. The molecule has 1 aromatic carbocycles. The van der Waals surface area contributed by atoms with Crippen molar-refractivity contribution < 1.29 is 9.84 Å². The molecule has 0 bridgehead atoms. The minimum absolute atomic E-state index is 0.300. The molecule has 0 aromatic heterocycles. The molecule has 1 fully saturated rings. The minimum atomic E-state index is -0.491. The smallest absolute Gasteiger partial charge is 0.119 e. The Kier molecular flexibility index (Phi) is 6.34. The molecule has 3 nitrogen and oxygen atoms in total. The molecule has 1 aliphatic rings. The molecule has 1 aliphatic carbocycles. The van der Waals surface area contributed by atoms with Gasteiger partial charge in [0.1, 0.15) is 18.5 Å². The van der Waals surface area contributed by atoms with E-state index in [4.69, 9.17) is 16.3 Å². The molecular weight excluding hydrogens is 286 g/mol. The van der Waals surface area contributed by atoms with Crippen molar-refractivity contribution in [2.75, 3.05) is 13.2 Å². The van der Waals surface area contributed by atoms with Gasteiger partial charge in [0.05, 0.1) is 0 Å². The van der Waals surface area contributed by atoms with Crippen molar-refractivity contribution in [3.8, 4) is 5.75 Å². The number of benzene rings is 1. The van der Waals surface area contributed by atoms with E-state index in [1.165, 1.54) is 19.3 Å². The van der Waals surface area contributed by atoms with Crippen LogP contribution in [0.15, 0.2) is 18.2 Å². The first-order valence-corrected chi connectivity index (χ1v) is 8.26. The molecule has 1 aromatic rings. The van der Waals surface area contributed by atoms with Crippen molar-refractivity contribution in [2.24, 2.45) is 5.92 Å². The van der Waals surface area contributed by atoms with Gasteiger partial charge in [0, 0.05) is 17.6 Å². The number of aliphatic hydroxyl groups excluding tert-OH is 1. The molecule has 0 aliphatic heterocycles. The van der Waals surface area contributed by atoms with Gasteiger partial charge >= 0.3 is 0 Å². The van der Waals surface area contributed by atoms with Gasteiger partial charge in [-0.3, -0.25) is 0 Å². The summed E-state index contributed by atoms with van der Waals surface area (Å²) >= 11 is 5.98. The number of hydrogen-bond acceptors (Lipinski definition) is 3. The first-order valence-electron chi connectivity index (χ1n) is 7.89. The Labute approximate surface area is 132 Å². The number of hydrogen-bond donors (Lipinski definition) is 2. The first kappa shape index (κ1) is 16.6. The van der Waals surface area contributed by atoms with E-state index in [9.17, 15) is 5.11 Å². The Hall–Kier alpha value is -0.770. The fourth-order valence-electron chi connectivity index (χ4n) is 2.41. The zero-order valence-electron chi connectivity index (χ0n) is 12.9. The van der Waals surface area contributed by atoms with Gasteiger partial charge < -0.3 is 15.2 Å². The normalized spacial score (nSPS) is 17.5. The number of halogens is 1. The molecular formula is C17H26ClNO2. The number of aliphatic hydroxyl groups is 1. The summed E-state index contributed by atoms with van der Waals surface area (Å²) in [5.74, 6) is 1.66. The highest BCUT2D eigenvalue weighted by molar-refractivity contribution is 6.31. The lowest BCUT2D eigenvalue weighted by molar-refractivity contribution is 0.103. The molecule has 0 amide bonds. The predicted octanol–water partition coefficient (Wildman–Crippen LogP) is 3.56. The second kappa shape index (κ2) is 8.02. The maximum Gasteiger partial charge on any atom is 0.119 e. The highest BCUT2D eigenvalue weighted by atomic mass is 35.5. The number of aryl methyl sites for hydroxylation is 1. The summed E-state index contributed by atoms with van der Waals surface area (Å²) in [6.45, 7) is 5.02. The largest absolute Gasteiger partial charge is 0.491 e. The summed E-state index contributed by atoms with van der Waals surface area (Å²) in [4.78, 5) is 0. The van der Waals surface area contributed by atoms with Crippen LogP contribution in [0.2, 0.25) is 5.02 Å². The third kappa shape index (κ3) is 5.85. The van der Waals surface area contributed by atoms with Gasteiger partial charge in [-0.25, -0.2) is 0 Å². The number of ether oxygens (including phenoxy) is 1. The van der Waals surface area contributed by atoms with Crippen molar-refractivity contribution >= 4 is 11.6 Å². The molecule has 2 rings (SSSR count). The van der Waals surface area contributed by atoms with Crippen LogP contribution in [0, 0.1) is 12.8 Å². The fraction of sp³-hybridized carbons (Fsp3) is 0.647. The van der Waals surface area contributed by atoms with Crippen molar-refractivity contribution in [1.82, 2.24) is 5.32 Å². The van der Waals surface area contributed by atoms with Gasteiger partial charge in [-0.15, -0.1) is 0 Å². The molecule has 0 radical (unpaired) electrons. The van der Waals surface area contributed by atoms with E-state index in [1.54, 1.807) is 0 Å². The van der Waals surface area contributed by atoms with Crippen LogP contribution in [0.1, 0.15) is 38.2 Å². The highest BCUT2D eigenvalue weighted by Gasteiger charge is 2.24. The van der Waals surface area contributed by atoms with Crippen LogP contribution in [0.5, 0.6) is 5.75 Å². The average Bonchev–Trinajstić information content (AvgIpc) is 3.28. The zero-order chi connectivity index (χ0) is 15.2. The van der Waals surface area contributed by atoms with E-state index in [0.717, 1.165) is 28.7 Å². The summed E-state index contributed by atoms with van der Waals surface area (Å²) < 4.78 is 5.61. The van der Waals surface area contributed by atoms with Crippen LogP contribution >= 0.6 is 11.6 Å². The van der Waals surface area contributed by atoms with Crippen molar-refractivity contribution in [1.29, 1.82) is 0 Å². The van der Waals surface area contributed by atoms with Gasteiger partial charge in [0.2, 0.25) is 0 Å². The lowest BCUT2D eigenvalue weighted by Crippen LogP contribution is -2.38. The molecule has 1 saturated carbocycles. The summed E-state index contributed by atoms with van der Waals surface area (Å²) in [5.41, 5.74) is 0.984. The van der Waals surface area contributed by atoms with Gasteiger partial charge in [-0.05, 0) is 49.4 Å². The van der Waals surface area contributed by atoms with Crippen LogP contribution in [0.25, 0.3) is 0 Å². The van der Waals surface area contributed by atoms with Crippen molar-refractivity contribution in [2.45, 2.75) is 51.7 Å². The summed E-state index contributed by atoms with van der Waals surface area (Å²) in [6, 6.07) is 6.06. The lowest BCUT2D eigenvalue weighted by Gasteiger charge is -2.19. The Bertz CT molecular complexity index is 448. The second-order valence-corrected chi connectivity index (χ2v) is 6.48. The lowest BCUT2D eigenvalue weighted by atomic mass is 10.1. The Morgan fingerprint density at radius 3 is 2.81 bits per heavy atom. The third-order valence-corrected chi connectivity index (χ3v) is 4.45. The molecule has 118 valence electrons. The standard InChI is InChI=1S/C17H26ClNO2/c1-3-14(9-13-4-5-13)19-10-15(20)11-21-16-6-7-17(18)12(2)8-16/h6-8,13-15,19-20H,3-5,9-11H2,1-2H3. The molecule has 4 heteroatoms. The SMILES string of the molecule is CCC(CC1CC1)NCC(O)COc1ccc(Cl)c(C)c1. The Morgan fingerprint density at radius 2 is 2.19 bits per heavy atom. The maximum absolute atomic E-state index is 10.0. The Morgan fingerprint density at radius 1 is 1.43 bits per heavy atom. The van der Waals surface area contributed by atoms with E-state index in [-0.39, 0.29) is 0 Å². The summed E-state index contributed by atoms with van der Waals surface area (Å²) in [6.07, 6.45) is 4.61. The quantitative estimate of drug-likeness (QED) is 0.733. The Balaban J connectivity index is 1.68. The van der Waals surface area contributed by atoms with Crippen LogP contribution in [-0.2, 0) is 0 Å². The van der Waals surface area contributed by atoms with Gasteiger partial charge in [0.15, 0.2) is 0 Å². The van der Waals surface area contributed by atoms with E-state index >= 15 is 0 Å². The zero-order valence-corrected chi connectivity index (χ0v) is 13.7. The molecule has 2 atom stereocenters. The monoisotopic (exact) mass is 311 g/mol. The third-order valence-electron chi connectivity index (χ3n) is 4.02. The van der Waals surface area contributed by atoms with Gasteiger partial charge in [-0.1, -0.05) is 31.4 Å². The van der Waals surface area contributed by atoms with Gasteiger partial charge in [-0.2, -0.15) is 0 Å². The van der Waals surface area contributed by atoms with Crippen LogP contribution < -0.4 is 10.1 Å².